The molecule has 0 amide bonds. The van der Waals surface area contributed by atoms with Crippen LogP contribution in [0, 0.1) is 5.92 Å². The summed E-state index contributed by atoms with van der Waals surface area (Å²) in [6, 6.07) is -0.0487. The van der Waals surface area contributed by atoms with Gasteiger partial charge < -0.3 is 15.8 Å². The van der Waals surface area contributed by atoms with E-state index in [-0.39, 0.29) is 17.9 Å². The highest BCUT2D eigenvalue weighted by atomic mass is 16.5. The number of nitrogens with two attached hydrogens (primary N) is 1. The van der Waals surface area contributed by atoms with Crippen LogP contribution in [0.15, 0.2) is 0 Å². The van der Waals surface area contributed by atoms with E-state index >= 15 is 0 Å². The summed E-state index contributed by atoms with van der Waals surface area (Å²) in [7, 11) is 1.41. The van der Waals surface area contributed by atoms with Crippen LogP contribution in [0.3, 0.4) is 0 Å². The van der Waals surface area contributed by atoms with Gasteiger partial charge in [0.1, 0.15) is 0 Å². The minimum atomic E-state index is -0.175. The Hall–Kier alpha value is -0.610. The van der Waals surface area contributed by atoms with Crippen LogP contribution in [0.4, 0.5) is 0 Å². The standard InChI is InChI=1S/C8H16N2O2/c1-12-8(11)6-2-4-10-5-3-7(6)9/h6-7,10H,2-5,9H2,1H3. The van der Waals surface area contributed by atoms with E-state index in [1.54, 1.807) is 0 Å². The summed E-state index contributed by atoms with van der Waals surface area (Å²) in [5, 5.41) is 3.20. The summed E-state index contributed by atoms with van der Waals surface area (Å²) in [6.07, 6.45) is 1.63. The second kappa shape index (κ2) is 4.42. The lowest BCUT2D eigenvalue weighted by atomic mass is 9.96. The number of hydrogen-bond acceptors (Lipinski definition) is 4. The highest BCUT2D eigenvalue weighted by molar-refractivity contribution is 5.73. The van der Waals surface area contributed by atoms with Crippen molar-refractivity contribution in [3.05, 3.63) is 0 Å². The molecule has 1 rings (SSSR count). The number of carbonyl (C=O) groups excluding carboxylic acids is 1. The SMILES string of the molecule is COC(=O)C1CCNCCC1N. The topological polar surface area (TPSA) is 64.3 Å². The molecule has 3 N–H and O–H groups in total. The Balaban J connectivity index is 2.52. The molecule has 0 saturated carbocycles. The Kier molecular flexibility index (Phi) is 3.49. The summed E-state index contributed by atoms with van der Waals surface area (Å²) in [5.74, 6) is -0.295. The van der Waals surface area contributed by atoms with E-state index in [1.165, 1.54) is 7.11 Å². The Morgan fingerprint density at radius 1 is 1.50 bits per heavy atom. The van der Waals surface area contributed by atoms with E-state index in [2.05, 4.69) is 10.1 Å². The molecule has 1 aliphatic heterocycles. The maximum Gasteiger partial charge on any atom is 0.310 e. The Labute approximate surface area is 72.5 Å². The predicted octanol–water partition coefficient (Wildman–Crippen LogP) is -0.514. The van der Waals surface area contributed by atoms with Crippen LogP contribution in [-0.4, -0.2) is 32.2 Å². The van der Waals surface area contributed by atoms with Crippen molar-refractivity contribution in [2.24, 2.45) is 11.7 Å². The third-order valence-corrected chi connectivity index (χ3v) is 2.31. The second-order valence-corrected chi connectivity index (χ2v) is 3.12. The number of nitrogens with one attached hydrogen (secondary N) is 1. The number of methoxy groups -OCH3 is 1. The molecular formula is C8H16N2O2. The lowest BCUT2D eigenvalue weighted by molar-refractivity contribution is -0.146. The van der Waals surface area contributed by atoms with Gasteiger partial charge in [0.05, 0.1) is 13.0 Å². The van der Waals surface area contributed by atoms with Gasteiger partial charge in [-0.2, -0.15) is 0 Å². The monoisotopic (exact) mass is 172 g/mol. The van der Waals surface area contributed by atoms with Crippen LogP contribution >= 0.6 is 0 Å². The van der Waals surface area contributed by atoms with Gasteiger partial charge in [-0.15, -0.1) is 0 Å². The van der Waals surface area contributed by atoms with Gasteiger partial charge in [-0.3, -0.25) is 4.79 Å². The van der Waals surface area contributed by atoms with Crippen molar-refractivity contribution in [1.82, 2.24) is 5.32 Å². The molecule has 1 saturated heterocycles. The van der Waals surface area contributed by atoms with Crippen LogP contribution < -0.4 is 11.1 Å². The maximum absolute atomic E-state index is 11.2. The molecule has 2 unspecified atom stereocenters. The molecule has 1 heterocycles. The number of hydrogen-bond donors (Lipinski definition) is 2. The molecule has 0 aromatic rings. The smallest absolute Gasteiger partial charge is 0.310 e. The molecule has 0 aromatic carbocycles. The number of rotatable bonds is 1. The van der Waals surface area contributed by atoms with Crippen molar-refractivity contribution in [2.75, 3.05) is 20.2 Å². The van der Waals surface area contributed by atoms with Crippen molar-refractivity contribution in [3.63, 3.8) is 0 Å². The van der Waals surface area contributed by atoms with Gasteiger partial charge in [0.15, 0.2) is 0 Å². The van der Waals surface area contributed by atoms with Crippen LogP contribution in [0.5, 0.6) is 0 Å². The summed E-state index contributed by atoms with van der Waals surface area (Å²) < 4.78 is 4.67. The highest BCUT2D eigenvalue weighted by Gasteiger charge is 2.27. The number of esters is 1. The first kappa shape index (κ1) is 9.48. The van der Waals surface area contributed by atoms with Crippen molar-refractivity contribution >= 4 is 5.97 Å². The van der Waals surface area contributed by atoms with Crippen LogP contribution in [0.1, 0.15) is 12.8 Å². The molecule has 0 aromatic heterocycles. The van der Waals surface area contributed by atoms with Crippen LogP contribution in [-0.2, 0) is 9.53 Å². The van der Waals surface area contributed by atoms with E-state index in [1.807, 2.05) is 0 Å². The lowest BCUT2D eigenvalue weighted by Gasteiger charge is -2.17. The van der Waals surface area contributed by atoms with E-state index < -0.39 is 0 Å². The van der Waals surface area contributed by atoms with Crippen molar-refractivity contribution in [1.29, 1.82) is 0 Å². The third kappa shape index (κ3) is 2.19. The highest BCUT2D eigenvalue weighted by Crippen LogP contribution is 2.13. The van der Waals surface area contributed by atoms with Crippen LogP contribution in [0.25, 0.3) is 0 Å². The minimum Gasteiger partial charge on any atom is -0.469 e. The first-order valence-electron chi connectivity index (χ1n) is 4.30. The Morgan fingerprint density at radius 3 is 2.83 bits per heavy atom. The lowest BCUT2D eigenvalue weighted by Crippen LogP contribution is -2.36. The zero-order valence-corrected chi connectivity index (χ0v) is 7.38. The molecule has 0 bridgehead atoms. The van der Waals surface area contributed by atoms with Crippen molar-refractivity contribution in [3.8, 4) is 0 Å². The largest absolute Gasteiger partial charge is 0.469 e. The number of ether oxygens (including phenoxy) is 1. The zero-order valence-electron chi connectivity index (χ0n) is 7.38. The summed E-state index contributed by atoms with van der Waals surface area (Å²) in [4.78, 5) is 11.2. The average Bonchev–Trinajstić information content (AvgIpc) is 2.28. The fraction of sp³-hybridized carbons (Fsp3) is 0.875. The van der Waals surface area contributed by atoms with Crippen LogP contribution in [0.2, 0.25) is 0 Å². The normalized spacial score (nSPS) is 30.8. The third-order valence-electron chi connectivity index (χ3n) is 2.31. The molecule has 0 spiro atoms. The van der Waals surface area contributed by atoms with Crippen molar-refractivity contribution in [2.45, 2.75) is 18.9 Å². The average molecular weight is 172 g/mol. The molecule has 1 aliphatic rings. The van der Waals surface area contributed by atoms with E-state index in [9.17, 15) is 4.79 Å². The predicted molar refractivity (Wildman–Crippen MR) is 45.6 cm³/mol. The second-order valence-electron chi connectivity index (χ2n) is 3.12. The summed E-state index contributed by atoms with van der Waals surface area (Å²) >= 11 is 0. The fourth-order valence-corrected chi connectivity index (χ4v) is 1.51. The van der Waals surface area contributed by atoms with Gasteiger partial charge in [-0.05, 0) is 25.9 Å². The first-order chi connectivity index (χ1) is 5.75. The first-order valence-corrected chi connectivity index (χ1v) is 4.30. The molecule has 4 nitrogen and oxygen atoms in total. The van der Waals surface area contributed by atoms with E-state index in [0.717, 1.165) is 25.9 Å². The van der Waals surface area contributed by atoms with Gasteiger partial charge >= 0.3 is 5.97 Å². The van der Waals surface area contributed by atoms with Gasteiger partial charge in [0.2, 0.25) is 0 Å². The Bertz CT molecular complexity index is 161. The molecule has 12 heavy (non-hydrogen) atoms. The van der Waals surface area contributed by atoms with Gasteiger partial charge in [0, 0.05) is 6.04 Å². The summed E-state index contributed by atoms with van der Waals surface area (Å²) in [6.45, 7) is 1.75. The van der Waals surface area contributed by atoms with Gasteiger partial charge in [0.25, 0.3) is 0 Å². The fourth-order valence-electron chi connectivity index (χ4n) is 1.51. The van der Waals surface area contributed by atoms with Gasteiger partial charge in [-0.1, -0.05) is 0 Å². The van der Waals surface area contributed by atoms with E-state index in [0.29, 0.717) is 0 Å². The molecule has 4 heteroatoms. The minimum absolute atomic E-state index is 0.0487. The molecule has 1 fully saturated rings. The molecule has 70 valence electrons. The molecular weight excluding hydrogens is 156 g/mol. The molecule has 2 atom stereocenters. The quantitative estimate of drug-likeness (QED) is 0.523. The van der Waals surface area contributed by atoms with Gasteiger partial charge in [-0.25, -0.2) is 0 Å². The number of carbonyl (C=O) groups is 1. The molecule has 0 aliphatic carbocycles. The maximum atomic E-state index is 11.2. The molecule has 0 radical (unpaired) electrons. The van der Waals surface area contributed by atoms with E-state index in [4.69, 9.17) is 5.73 Å². The Morgan fingerprint density at radius 2 is 2.17 bits per heavy atom. The zero-order chi connectivity index (χ0) is 8.97. The van der Waals surface area contributed by atoms with Crippen molar-refractivity contribution < 1.29 is 9.53 Å². The summed E-state index contributed by atoms with van der Waals surface area (Å²) in [5.41, 5.74) is 5.81.